The van der Waals surface area contributed by atoms with Crippen molar-refractivity contribution in [3.63, 3.8) is 0 Å². The van der Waals surface area contributed by atoms with Crippen LogP contribution in [-0.2, 0) is 0 Å². The number of hydrogen-bond donors (Lipinski definition) is 2. The highest BCUT2D eigenvalue weighted by atomic mass is 79.9. The number of aromatic nitrogens is 3. The number of nitrogens with two attached hydrogens (primary N) is 2. The van der Waals surface area contributed by atoms with E-state index in [0.29, 0.717) is 22.4 Å². The Kier molecular flexibility index (Phi) is 4.83. The van der Waals surface area contributed by atoms with Crippen LogP contribution in [0.3, 0.4) is 0 Å². The molecule has 2 aromatic rings. The van der Waals surface area contributed by atoms with Crippen LogP contribution in [0.4, 0.5) is 5.69 Å². The number of rotatable bonds is 3. The number of hydrogen-bond acceptors (Lipinski definition) is 6. The number of piperidine rings is 1. The summed E-state index contributed by atoms with van der Waals surface area (Å²) in [6.07, 6.45) is 3.46. The summed E-state index contributed by atoms with van der Waals surface area (Å²) >= 11 is 3.31. The Hall–Kier alpha value is -1.97. The van der Waals surface area contributed by atoms with E-state index in [2.05, 4.69) is 26.1 Å². The molecule has 1 amide bonds. The lowest BCUT2D eigenvalue weighted by Crippen LogP contribution is -2.47. The van der Waals surface area contributed by atoms with Gasteiger partial charge in [-0.3, -0.25) is 4.79 Å². The zero-order valence-electron chi connectivity index (χ0n) is 13.3. The predicted octanol–water partition coefficient (Wildman–Crippen LogP) is 1.46. The molecule has 0 bridgehead atoms. The number of benzene rings is 1. The maximum atomic E-state index is 13.0. The summed E-state index contributed by atoms with van der Waals surface area (Å²) in [6.45, 7) is 2.59. The molecule has 2 heterocycles. The summed E-state index contributed by atoms with van der Waals surface area (Å²) in [5, 5.41) is 9.53. The van der Waals surface area contributed by atoms with Gasteiger partial charge in [-0.05, 0) is 47.8 Å². The van der Waals surface area contributed by atoms with E-state index in [1.54, 1.807) is 35.3 Å². The molecule has 0 spiro atoms. The minimum atomic E-state index is -0.0880. The summed E-state index contributed by atoms with van der Waals surface area (Å²) in [5.74, 6) is 11.2. The van der Waals surface area contributed by atoms with E-state index in [0.717, 1.165) is 18.0 Å². The van der Waals surface area contributed by atoms with Crippen LogP contribution in [0.1, 0.15) is 36.2 Å². The van der Waals surface area contributed by atoms with Gasteiger partial charge in [0.05, 0.1) is 23.5 Å². The number of anilines is 1. The van der Waals surface area contributed by atoms with Crippen molar-refractivity contribution >= 4 is 27.5 Å². The maximum absolute atomic E-state index is 13.0. The van der Waals surface area contributed by atoms with Gasteiger partial charge in [-0.25, -0.2) is 16.8 Å². The molecule has 24 heavy (non-hydrogen) atoms. The van der Waals surface area contributed by atoms with Gasteiger partial charge in [-0.15, -0.1) is 5.10 Å². The number of nitrogens with zero attached hydrogens (tertiary/aromatic N) is 5. The van der Waals surface area contributed by atoms with Crippen LogP contribution in [0.5, 0.6) is 0 Å². The van der Waals surface area contributed by atoms with Crippen molar-refractivity contribution in [2.45, 2.75) is 31.8 Å². The average Bonchev–Trinajstić information content (AvgIpc) is 3.01. The second-order valence-corrected chi connectivity index (χ2v) is 6.76. The summed E-state index contributed by atoms with van der Waals surface area (Å²) < 4.78 is 0.686. The number of halogens is 1. The Morgan fingerprint density at radius 1 is 1.33 bits per heavy atom. The third-order valence-corrected chi connectivity index (χ3v) is 4.70. The molecule has 1 saturated heterocycles. The zero-order chi connectivity index (χ0) is 17.3. The third kappa shape index (κ3) is 3.28. The van der Waals surface area contributed by atoms with Gasteiger partial charge in [0, 0.05) is 12.6 Å². The molecule has 128 valence electrons. The molecule has 0 unspecified atom stereocenters. The van der Waals surface area contributed by atoms with E-state index < -0.39 is 0 Å². The first-order valence-corrected chi connectivity index (χ1v) is 8.53. The van der Waals surface area contributed by atoms with Gasteiger partial charge >= 0.3 is 0 Å². The average molecular weight is 394 g/mol. The number of carbonyl (C=O) groups excluding carboxylic acids is 1. The van der Waals surface area contributed by atoms with Gasteiger partial charge in [-0.1, -0.05) is 12.1 Å². The fraction of sp³-hybridized carbons (Fsp3) is 0.400. The Bertz CT molecular complexity index is 732. The molecular weight excluding hydrogens is 374 g/mol. The monoisotopic (exact) mass is 393 g/mol. The fourth-order valence-electron chi connectivity index (χ4n) is 3.03. The second kappa shape index (κ2) is 6.88. The number of para-hydroxylation sites is 1. The second-order valence-electron chi connectivity index (χ2n) is 5.95. The van der Waals surface area contributed by atoms with E-state index in [1.807, 2.05) is 11.8 Å². The highest BCUT2D eigenvalue weighted by molar-refractivity contribution is 9.10. The topological polar surface area (TPSA) is 106 Å². The molecule has 1 aliphatic rings. The van der Waals surface area contributed by atoms with Crippen molar-refractivity contribution in [1.82, 2.24) is 19.9 Å². The van der Waals surface area contributed by atoms with Crippen LogP contribution >= 0.6 is 15.9 Å². The minimum Gasteiger partial charge on any atom is -0.334 e. The molecule has 1 aromatic carbocycles. The Morgan fingerprint density at radius 2 is 2.08 bits per heavy atom. The first kappa shape index (κ1) is 16.9. The van der Waals surface area contributed by atoms with Crippen molar-refractivity contribution in [3.05, 3.63) is 40.6 Å². The molecule has 0 saturated carbocycles. The van der Waals surface area contributed by atoms with Gasteiger partial charge in [0.15, 0.2) is 0 Å². The molecule has 3 rings (SSSR count). The number of likely N-dealkylation sites (tertiary alicyclic amines) is 1. The summed E-state index contributed by atoms with van der Waals surface area (Å²) in [4.78, 5) is 16.6. The van der Waals surface area contributed by atoms with Crippen molar-refractivity contribution in [3.8, 4) is 0 Å². The van der Waals surface area contributed by atoms with Crippen LogP contribution in [0.15, 0.2) is 35.1 Å². The van der Waals surface area contributed by atoms with Crippen molar-refractivity contribution in [2.75, 3.05) is 11.7 Å². The first-order valence-electron chi connectivity index (χ1n) is 7.74. The Morgan fingerprint density at radius 3 is 2.75 bits per heavy atom. The molecule has 0 aliphatic carbocycles. The van der Waals surface area contributed by atoms with Gasteiger partial charge in [-0.2, -0.15) is 9.90 Å². The highest BCUT2D eigenvalue weighted by Crippen LogP contribution is 2.28. The number of hydrazine groups is 2. The molecule has 0 radical (unpaired) electrons. The van der Waals surface area contributed by atoms with Crippen LogP contribution in [0.2, 0.25) is 0 Å². The SMILES string of the molecule is C[C@@H]1CC[C@@H](n2ncc(Br)n2)CN1C(=O)c1ccccc1N(N)N. The van der Waals surface area contributed by atoms with Crippen molar-refractivity contribution in [1.29, 1.82) is 0 Å². The lowest BCUT2D eigenvalue weighted by Gasteiger charge is -2.38. The molecule has 1 fully saturated rings. The highest BCUT2D eigenvalue weighted by Gasteiger charge is 2.32. The smallest absolute Gasteiger partial charge is 0.256 e. The standard InChI is InChI=1S/C15H20BrN7O/c1-10-6-7-11(23-19-8-14(16)20-23)9-21(10)15(24)12-4-2-3-5-13(12)22(17)18/h2-5,8,10-11H,6-7,9,17-18H2,1H3/t10-,11-/m1/s1. The number of amides is 1. The van der Waals surface area contributed by atoms with E-state index in [1.165, 1.54) is 0 Å². The lowest BCUT2D eigenvalue weighted by atomic mass is 9.98. The molecule has 4 N–H and O–H groups in total. The molecule has 1 aromatic heterocycles. The van der Waals surface area contributed by atoms with E-state index in [9.17, 15) is 4.79 Å². The summed E-state index contributed by atoms with van der Waals surface area (Å²) in [5.41, 5.74) is 0.987. The molecule has 8 nitrogen and oxygen atoms in total. The van der Waals surface area contributed by atoms with Gasteiger partial charge < -0.3 is 4.90 Å². The maximum Gasteiger partial charge on any atom is 0.256 e. The zero-order valence-corrected chi connectivity index (χ0v) is 14.9. The number of carbonyl (C=O) groups is 1. The van der Waals surface area contributed by atoms with Crippen LogP contribution < -0.4 is 16.8 Å². The predicted molar refractivity (Wildman–Crippen MR) is 93.8 cm³/mol. The Labute approximate surface area is 148 Å². The van der Waals surface area contributed by atoms with Gasteiger partial charge in [0.25, 0.3) is 5.91 Å². The van der Waals surface area contributed by atoms with Crippen LogP contribution in [0.25, 0.3) is 0 Å². The van der Waals surface area contributed by atoms with Gasteiger partial charge in [0.1, 0.15) is 4.60 Å². The van der Waals surface area contributed by atoms with Crippen molar-refractivity contribution in [2.24, 2.45) is 11.7 Å². The molecule has 2 atom stereocenters. The summed E-state index contributed by atoms with van der Waals surface area (Å²) in [7, 11) is 0. The van der Waals surface area contributed by atoms with Crippen LogP contribution in [-0.4, -0.2) is 38.4 Å². The summed E-state index contributed by atoms with van der Waals surface area (Å²) in [6, 6.07) is 7.25. The normalized spacial score (nSPS) is 20.9. The van der Waals surface area contributed by atoms with Gasteiger partial charge in [0.2, 0.25) is 0 Å². The van der Waals surface area contributed by atoms with E-state index in [4.69, 9.17) is 11.7 Å². The van der Waals surface area contributed by atoms with E-state index in [-0.39, 0.29) is 18.0 Å². The quantitative estimate of drug-likeness (QED) is 0.603. The molecule has 1 aliphatic heterocycles. The van der Waals surface area contributed by atoms with E-state index >= 15 is 0 Å². The minimum absolute atomic E-state index is 0.0514. The first-order chi connectivity index (χ1) is 11.5. The molecular formula is C15H20BrN7O. The Balaban J connectivity index is 1.85. The van der Waals surface area contributed by atoms with Crippen LogP contribution in [0, 0.1) is 0 Å². The largest absolute Gasteiger partial charge is 0.334 e. The third-order valence-electron chi connectivity index (χ3n) is 4.34. The fourth-order valence-corrected chi connectivity index (χ4v) is 3.28. The lowest BCUT2D eigenvalue weighted by molar-refractivity contribution is 0.0548. The van der Waals surface area contributed by atoms with Crippen molar-refractivity contribution < 1.29 is 4.79 Å². The molecule has 9 heteroatoms.